The Hall–Kier alpha value is -5.51. The molecule has 0 aromatic heterocycles. The molecular weight excluding hydrogens is 636 g/mol. The van der Waals surface area contributed by atoms with Crippen molar-refractivity contribution in [3.8, 4) is 34.5 Å². The molecule has 2 unspecified atom stereocenters. The molecule has 1 N–H and O–H groups in total. The molecule has 1 aliphatic rings. The number of nitrogens with one attached hydrogen (secondary N) is 1. The number of ether oxygens (including phenoxy) is 7. The van der Waals surface area contributed by atoms with Gasteiger partial charge in [0.15, 0.2) is 23.0 Å². The SMILES string of the molecule is CCOC(=O)C1=C(Nc2ccc(C)cc2)CC(c2cc(OC)c(OC)c(OC)c2)N(c2ccc(C)cc2)C1c1cc(OC)c(OC)c(OC)c1. The molecule has 5 rings (SSSR count). The summed E-state index contributed by atoms with van der Waals surface area (Å²) in [6.07, 6.45) is 0.398. The number of aryl methyl sites for hydroxylation is 2. The highest BCUT2D eigenvalue weighted by atomic mass is 16.5. The summed E-state index contributed by atoms with van der Waals surface area (Å²) in [7, 11) is 9.49. The summed E-state index contributed by atoms with van der Waals surface area (Å²) < 4.78 is 40.5. The van der Waals surface area contributed by atoms with Crippen LogP contribution < -0.4 is 38.6 Å². The van der Waals surface area contributed by atoms with Gasteiger partial charge in [-0.1, -0.05) is 35.4 Å². The largest absolute Gasteiger partial charge is 0.493 e. The zero-order valence-electron chi connectivity index (χ0n) is 30.2. The quantitative estimate of drug-likeness (QED) is 0.140. The number of benzene rings is 4. The van der Waals surface area contributed by atoms with E-state index in [-0.39, 0.29) is 12.6 Å². The van der Waals surface area contributed by atoms with E-state index in [0.29, 0.717) is 52.2 Å². The van der Waals surface area contributed by atoms with E-state index in [4.69, 9.17) is 33.2 Å². The second-order valence-electron chi connectivity index (χ2n) is 11.9. The Balaban J connectivity index is 1.89. The monoisotopic (exact) mass is 682 g/mol. The lowest BCUT2D eigenvalue weighted by Gasteiger charge is -2.46. The van der Waals surface area contributed by atoms with Gasteiger partial charge in [0.25, 0.3) is 0 Å². The first-order chi connectivity index (χ1) is 24.2. The molecule has 10 heteroatoms. The van der Waals surface area contributed by atoms with Crippen molar-refractivity contribution in [2.45, 2.75) is 39.3 Å². The number of anilines is 2. The Kier molecular flexibility index (Phi) is 11.3. The zero-order valence-corrected chi connectivity index (χ0v) is 30.2. The van der Waals surface area contributed by atoms with Crippen LogP contribution in [0.2, 0.25) is 0 Å². The maximum absolute atomic E-state index is 14.3. The molecule has 0 radical (unpaired) electrons. The Morgan fingerprint density at radius 2 is 1.14 bits per heavy atom. The van der Waals surface area contributed by atoms with Crippen LogP contribution in [0.25, 0.3) is 0 Å². The second kappa shape index (κ2) is 15.8. The number of hydrogen-bond donors (Lipinski definition) is 1. The smallest absolute Gasteiger partial charge is 0.338 e. The first-order valence-electron chi connectivity index (χ1n) is 16.4. The van der Waals surface area contributed by atoms with Crippen molar-refractivity contribution >= 4 is 17.3 Å². The highest BCUT2D eigenvalue weighted by Crippen LogP contribution is 2.52. The summed E-state index contributed by atoms with van der Waals surface area (Å²) in [5.41, 5.74) is 6.69. The summed E-state index contributed by atoms with van der Waals surface area (Å²) in [5, 5.41) is 3.62. The van der Waals surface area contributed by atoms with E-state index in [1.807, 2.05) is 62.4 Å². The van der Waals surface area contributed by atoms with Crippen molar-refractivity contribution in [2.75, 3.05) is 59.5 Å². The number of methoxy groups -OCH3 is 6. The van der Waals surface area contributed by atoms with Crippen LogP contribution in [0.15, 0.2) is 84.1 Å². The Bertz CT molecular complexity index is 1790. The highest BCUT2D eigenvalue weighted by Gasteiger charge is 2.43. The molecule has 0 aliphatic carbocycles. The third-order valence-electron chi connectivity index (χ3n) is 8.86. The van der Waals surface area contributed by atoms with Gasteiger partial charge in [-0.3, -0.25) is 0 Å². The van der Waals surface area contributed by atoms with Crippen molar-refractivity contribution in [1.82, 2.24) is 0 Å². The standard InChI is InChI=1S/C40H46N2O8/c1-10-50-40(43)36-30(41-28-15-11-24(2)12-16-28)23-31(26-19-32(44-4)38(48-8)33(20-26)45-5)42(29-17-13-25(3)14-18-29)37(36)27-21-34(46-6)39(49-9)35(22-27)47-7/h11-22,31,37,41H,10,23H2,1-9H3. The van der Waals surface area contributed by atoms with Gasteiger partial charge in [0.05, 0.1) is 66.9 Å². The average Bonchev–Trinajstić information content (AvgIpc) is 3.14. The molecule has 0 saturated heterocycles. The fourth-order valence-electron chi connectivity index (χ4n) is 6.46. The Labute approximate surface area is 294 Å². The maximum Gasteiger partial charge on any atom is 0.338 e. The minimum absolute atomic E-state index is 0.197. The predicted molar refractivity (Wildman–Crippen MR) is 194 cm³/mol. The minimum Gasteiger partial charge on any atom is -0.493 e. The van der Waals surface area contributed by atoms with Crippen LogP contribution in [0.5, 0.6) is 34.5 Å². The zero-order chi connectivity index (χ0) is 35.9. The predicted octanol–water partition coefficient (Wildman–Crippen LogP) is 7.98. The highest BCUT2D eigenvalue weighted by molar-refractivity contribution is 5.93. The van der Waals surface area contributed by atoms with Crippen molar-refractivity contribution < 1.29 is 38.0 Å². The van der Waals surface area contributed by atoms with Crippen LogP contribution in [-0.4, -0.2) is 55.2 Å². The van der Waals surface area contributed by atoms with Crippen LogP contribution in [0.3, 0.4) is 0 Å². The van der Waals surface area contributed by atoms with E-state index in [2.05, 4.69) is 34.5 Å². The number of hydrogen-bond acceptors (Lipinski definition) is 10. The third-order valence-corrected chi connectivity index (χ3v) is 8.86. The molecule has 2 atom stereocenters. The van der Waals surface area contributed by atoms with Gasteiger partial charge in [-0.2, -0.15) is 0 Å². The third kappa shape index (κ3) is 7.10. The fourth-order valence-corrected chi connectivity index (χ4v) is 6.46. The Morgan fingerprint density at radius 3 is 1.58 bits per heavy atom. The summed E-state index contributed by atoms with van der Waals surface area (Å²) in [6, 6.07) is 22.9. The number of carbonyl (C=O) groups is 1. The Morgan fingerprint density at radius 1 is 0.680 bits per heavy atom. The first kappa shape index (κ1) is 35.8. The second-order valence-corrected chi connectivity index (χ2v) is 11.9. The van der Waals surface area contributed by atoms with E-state index >= 15 is 0 Å². The van der Waals surface area contributed by atoms with Crippen LogP contribution in [0, 0.1) is 13.8 Å². The number of rotatable bonds is 13. The molecule has 4 aromatic rings. The van der Waals surface area contributed by atoms with E-state index in [1.54, 1.807) is 49.6 Å². The summed E-state index contributed by atoms with van der Waals surface area (Å²) in [6.45, 7) is 6.08. The van der Waals surface area contributed by atoms with Crippen LogP contribution >= 0.6 is 0 Å². The molecule has 4 aromatic carbocycles. The molecule has 10 nitrogen and oxygen atoms in total. The van der Waals surface area contributed by atoms with Gasteiger partial charge in [-0.15, -0.1) is 0 Å². The molecule has 0 spiro atoms. The van der Waals surface area contributed by atoms with E-state index in [0.717, 1.165) is 33.6 Å². The molecule has 1 aliphatic heterocycles. The molecule has 0 saturated carbocycles. The topological polar surface area (TPSA) is 97.0 Å². The van der Waals surface area contributed by atoms with Gasteiger partial charge in [0.2, 0.25) is 11.5 Å². The van der Waals surface area contributed by atoms with Crippen molar-refractivity contribution in [3.63, 3.8) is 0 Å². The van der Waals surface area contributed by atoms with E-state index in [9.17, 15) is 4.79 Å². The summed E-state index contributed by atoms with van der Waals surface area (Å²) >= 11 is 0. The number of carbonyl (C=O) groups excluding carboxylic acids is 1. The fraction of sp³-hybridized carbons (Fsp3) is 0.325. The lowest BCUT2D eigenvalue weighted by Crippen LogP contribution is -2.42. The van der Waals surface area contributed by atoms with Gasteiger partial charge in [-0.05, 0) is 80.4 Å². The van der Waals surface area contributed by atoms with Crippen molar-refractivity contribution in [2.24, 2.45) is 0 Å². The molecule has 50 heavy (non-hydrogen) atoms. The minimum atomic E-state index is -0.698. The lowest BCUT2D eigenvalue weighted by molar-refractivity contribution is -0.139. The van der Waals surface area contributed by atoms with Crippen LogP contribution in [0.4, 0.5) is 11.4 Å². The molecule has 0 fully saturated rings. The van der Waals surface area contributed by atoms with Gasteiger partial charge >= 0.3 is 5.97 Å². The maximum atomic E-state index is 14.3. The van der Waals surface area contributed by atoms with E-state index in [1.165, 1.54) is 0 Å². The number of esters is 1. The number of nitrogens with zero attached hydrogens (tertiary/aromatic N) is 1. The molecule has 1 heterocycles. The van der Waals surface area contributed by atoms with Crippen LogP contribution in [0.1, 0.15) is 47.7 Å². The van der Waals surface area contributed by atoms with Gasteiger partial charge < -0.3 is 43.4 Å². The van der Waals surface area contributed by atoms with Crippen molar-refractivity contribution in [3.05, 3.63) is 106 Å². The van der Waals surface area contributed by atoms with Crippen molar-refractivity contribution in [1.29, 1.82) is 0 Å². The average molecular weight is 683 g/mol. The molecule has 264 valence electrons. The first-order valence-corrected chi connectivity index (χ1v) is 16.4. The van der Waals surface area contributed by atoms with E-state index < -0.39 is 12.0 Å². The van der Waals surface area contributed by atoms with Gasteiger partial charge in [-0.25, -0.2) is 4.79 Å². The summed E-state index contributed by atoms with van der Waals surface area (Å²) in [4.78, 5) is 16.6. The van der Waals surface area contributed by atoms with Gasteiger partial charge in [0, 0.05) is 23.5 Å². The molecular formula is C40H46N2O8. The van der Waals surface area contributed by atoms with Crippen LogP contribution in [-0.2, 0) is 9.53 Å². The summed E-state index contributed by atoms with van der Waals surface area (Å²) in [5.74, 6) is 2.43. The normalized spacial score (nSPS) is 15.7. The lowest BCUT2D eigenvalue weighted by atomic mass is 9.83. The molecule has 0 bridgehead atoms. The molecule has 0 amide bonds. The van der Waals surface area contributed by atoms with Gasteiger partial charge in [0.1, 0.15) is 0 Å².